The second kappa shape index (κ2) is 4.38. The Morgan fingerprint density at radius 2 is 2.06 bits per heavy atom. The molecule has 1 aliphatic heterocycles. The molecule has 0 aliphatic carbocycles. The lowest BCUT2D eigenvalue weighted by atomic mass is 10.2. The van der Waals surface area contributed by atoms with Gasteiger partial charge in [0.05, 0.1) is 22.9 Å². The summed E-state index contributed by atoms with van der Waals surface area (Å²) in [5.41, 5.74) is 5.72. The highest BCUT2D eigenvalue weighted by molar-refractivity contribution is 7.91. The molecule has 1 atom stereocenters. The summed E-state index contributed by atoms with van der Waals surface area (Å²) in [6.45, 7) is 1.77. The molecule has 0 radical (unpaired) electrons. The van der Waals surface area contributed by atoms with Crippen LogP contribution in [0.3, 0.4) is 0 Å². The van der Waals surface area contributed by atoms with Crippen LogP contribution in [0.15, 0.2) is 12.1 Å². The van der Waals surface area contributed by atoms with Crippen LogP contribution in [0, 0.1) is 11.6 Å². The molecule has 0 aromatic heterocycles. The summed E-state index contributed by atoms with van der Waals surface area (Å²) >= 11 is 0. The monoisotopic (exact) mass is 276 g/mol. The molecule has 0 bridgehead atoms. The fraction of sp³-hybridized carbons (Fsp3) is 0.455. The van der Waals surface area contributed by atoms with E-state index in [1.54, 1.807) is 6.92 Å². The van der Waals surface area contributed by atoms with Gasteiger partial charge < -0.3 is 10.6 Å². The van der Waals surface area contributed by atoms with Crippen LogP contribution in [0.25, 0.3) is 0 Å². The largest absolute Gasteiger partial charge is 0.397 e. The smallest absolute Gasteiger partial charge is 0.184 e. The molecule has 2 rings (SSSR count). The van der Waals surface area contributed by atoms with Crippen LogP contribution in [0.4, 0.5) is 20.2 Å². The zero-order valence-corrected chi connectivity index (χ0v) is 10.7. The average Bonchev–Trinajstić information content (AvgIpc) is 2.26. The van der Waals surface area contributed by atoms with Crippen LogP contribution in [-0.2, 0) is 9.84 Å². The molecular weight excluding hydrogens is 262 g/mol. The summed E-state index contributed by atoms with van der Waals surface area (Å²) in [5, 5.41) is 0. The predicted octanol–water partition coefficient (Wildman–Crippen LogP) is 1.17. The topological polar surface area (TPSA) is 63.4 Å². The number of benzene rings is 1. The quantitative estimate of drug-likeness (QED) is 0.782. The van der Waals surface area contributed by atoms with E-state index < -0.39 is 27.5 Å². The number of nitrogen functional groups attached to an aromatic ring is 1. The summed E-state index contributed by atoms with van der Waals surface area (Å²) in [7, 11) is -3.11. The molecule has 1 saturated heterocycles. The highest BCUT2D eigenvalue weighted by Crippen LogP contribution is 2.31. The van der Waals surface area contributed by atoms with Gasteiger partial charge in [-0.2, -0.15) is 0 Å². The van der Waals surface area contributed by atoms with E-state index in [1.807, 2.05) is 0 Å². The standard InChI is InChI=1S/C11H14F2N2O2S/c1-7-6-18(16,17)5-4-15(7)11-9(14)3-2-8(12)10(11)13/h2-3,7H,4-6,14H2,1H3. The van der Waals surface area contributed by atoms with Gasteiger partial charge in [-0.05, 0) is 19.1 Å². The zero-order chi connectivity index (χ0) is 13.5. The molecule has 1 aromatic rings. The minimum atomic E-state index is -3.11. The first-order chi connectivity index (χ1) is 8.32. The molecule has 1 heterocycles. The van der Waals surface area contributed by atoms with Gasteiger partial charge in [-0.1, -0.05) is 0 Å². The Morgan fingerprint density at radius 3 is 2.67 bits per heavy atom. The van der Waals surface area contributed by atoms with Crippen LogP contribution in [0.5, 0.6) is 0 Å². The van der Waals surface area contributed by atoms with E-state index in [2.05, 4.69) is 0 Å². The van der Waals surface area contributed by atoms with E-state index >= 15 is 0 Å². The van der Waals surface area contributed by atoms with Gasteiger partial charge in [0, 0.05) is 12.6 Å². The Balaban J connectivity index is 2.42. The lowest BCUT2D eigenvalue weighted by Gasteiger charge is -2.35. The first kappa shape index (κ1) is 13.1. The molecule has 0 amide bonds. The van der Waals surface area contributed by atoms with Gasteiger partial charge in [-0.25, -0.2) is 17.2 Å². The molecule has 1 aliphatic rings. The van der Waals surface area contributed by atoms with Gasteiger partial charge in [-0.15, -0.1) is 0 Å². The van der Waals surface area contributed by atoms with E-state index in [0.717, 1.165) is 6.07 Å². The molecule has 1 fully saturated rings. The second-order valence-corrected chi connectivity index (χ2v) is 6.68. The van der Waals surface area contributed by atoms with Crippen LogP contribution in [0.1, 0.15) is 6.92 Å². The summed E-state index contributed by atoms with van der Waals surface area (Å²) in [5.74, 6) is -2.17. The average molecular weight is 276 g/mol. The minimum absolute atomic E-state index is 0.0441. The van der Waals surface area contributed by atoms with Crippen molar-refractivity contribution in [3.8, 4) is 0 Å². The summed E-state index contributed by atoms with van der Waals surface area (Å²) < 4.78 is 49.9. The van der Waals surface area contributed by atoms with Gasteiger partial charge in [0.2, 0.25) is 0 Å². The predicted molar refractivity (Wildman–Crippen MR) is 66.2 cm³/mol. The van der Waals surface area contributed by atoms with Crippen molar-refractivity contribution in [3.05, 3.63) is 23.8 Å². The third-order valence-corrected chi connectivity index (χ3v) is 4.85. The van der Waals surface area contributed by atoms with E-state index in [4.69, 9.17) is 5.73 Å². The van der Waals surface area contributed by atoms with Crippen LogP contribution in [0.2, 0.25) is 0 Å². The van der Waals surface area contributed by atoms with Crippen LogP contribution in [-0.4, -0.2) is 32.5 Å². The molecule has 1 aromatic carbocycles. The number of nitrogens with zero attached hydrogens (tertiary/aromatic N) is 1. The first-order valence-electron chi connectivity index (χ1n) is 5.52. The highest BCUT2D eigenvalue weighted by Gasteiger charge is 2.31. The van der Waals surface area contributed by atoms with Crippen molar-refractivity contribution in [3.63, 3.8) is 0 Å². The second-order valence-electron chi connectivity index (χ2n) is 4.46. The van der Waals surface area contributed by atoms with Crippen molar-refractivity contribution < 1.29 is 17.2 Å². The van der Waals surface area contributed by atoms with E-state index in [-0.39, 0.29) is 29.4 Å². The maximum atomic E-state index is 13.8. The number of rotatable bonds is 1. The number of anilines is 2. The Hall–Kier alpha value is -1.37. The zero-order valence-electron chi connectivity index (χ0n) is 9.86. The van der Waals surface area contributed by atoms with Crippen LogP contribution >= 0.6 is 0 Å². The van der Waals surface area contributed by atoms with Gasteiger partial charge in [0.15, 0.2) is 21.5 Å². The van der Waals surface area contributed by atoms with Crippen molar-refractivity contribution in [2.75, 3.05) is 28.7 Å². The molecule has 0 saturated carbocycles. The summed E-state index contributed by atoms with van der Waals surface area (Å²) in [6, 6.07) is 1.81. The van der Waals surface area contributed by atoms with Crippen molar-refractivity contribution in [1.82, 2.24) is 0 Å². The number of nitrogens with two attached hydrogens (primary N) is 1. The van der Waals surface area contributed by atoms with E-state index in [1.165, 1.54) is 11.0 Å². The van der Waals surface area contributed by atoms with Crippen LogP contribution < -0.4 is 10.6 Å². The molecule has 1 unspecified atom stereocenters. The Kier molecular flexibility index (Phi) is 3.18. The van der Waals surface area contributed by atoms with Gasteiger partial charge in [0.1, 0.15) is 0 Å². The molecule has 18 heavy (non-hydrogen) atoms. The lowest BCUT2D eigenvalue weighted by molar-refractivity contribution is 0.501. The van der Waals surface area contributed by atoms with E-state index in [0.29, 0.717) is 0 Å². The minimum Gasteiger partial charge on any atom is -0.397 e. The summed E-state index contributed by atoms with van der Waals surface area (Å²) in [6.07, 6.45) is 0. The highest BCUT2D eigenvalue weighted by atomic mass is 32.2. The van der Waals surface area contributed by atoms with Gasteiger partial charge in [-0.3, -0.25) is 0 Å². The molecular formula is C11H14F2N2O2S. The normalized spacial score (nSPS) is 23.1. The summed E-state index contributed by atoms with van der Waals surface area (Å²) in [4.78, 5) is 1.51. The van der Waals surface area contributed by atoms with Crippen molar-refractivity contribution >= 4 is 21.2 Å². The third-order valence-electron chi connectivity index (χ3n) is 3.06. The first-order valence-corrected chi connectivity index (χ1v) is 7.34. The maximum Gasteiger partial charge on any atom is 0.184 e. The van der Waals surface area contributed by atoms with E-state index in [9.17, 15) is 17.2 Å². The van der Waals surface area contributed by atoms with Crippen molar-refractivity contribution in [2.24, 2.45) is 0 Å². The lowest BCUT2D eigenvalue weighted by Crippen LogP contribution is -2.47. The molecule has 100 valence electrons. The fourth-order valence-corrected chi connectivity index (χ4v) is 3.73. The molecule has 7 heteroatoms. The fourth-order valence-electron chi connectivity index (χ4n) is 2.18. The number of hydrogen-bond donors (Lipinski definition) is 1. The Labute approximate surface area is 104 Å². The van der Waals surface area contributed by atoms with Gasteiger partial charge >= 0.3 is 0 Å². The third kappa shape index (κ3) is 2.27. The number of halogens is 2. The van der Waals surface area contributed by atoms with Gasteiger partial charge in [0.25, 0.3) is 0 Å². The number of sulfone groups is 1. The number of hydrogen-bond acceptors (Lipinski definition) is 4. The Morgan fingerprint density at radius 1 is 1.39 bits per heavy atom. The van der Waals surface area contributed by atoms with Crippen molar-refractivity contribution in [1.29, 1.82) is 0 Å². The molecule has 4 nitrogen and oxygen atoms in total. The van der Waals surface area contributed by atoms with Crippen molar-refractivity contribution in [2.45, 2.75) is 13.0 Å². The molecule has 2 N–H and O–H groups in total. The maximum absolute atomic E-state index is 13.8. The SMILES string of the molecule is CC1CS(=O)(=O)CCN1c1c(N)ccc(F)c1F. The Bertz CT molecular complexity index is 575. The molecule has 0 spiro atoms.